The second kappa shape index (κ2) is 15.2. The number of nitrogens with one attached hydrogen (secondary N) is 1. The van der Waals surface area contributed by atoms with E-state index in [0.717, 1.165) is 23.7 Å². The van der Waals surface area contributed by atoms with E-state index in [-0.39, 0.29) is 0 Å². The molecule has 0 saturated heterocycles. The Morgan fingerprint density at radius 2 is 1.33 bits per heavy atom. The maximum atomic E-state index is 3.79. The molecule has 0 aliphatic rings. The number of hydrogen-bond acceptors (Lipinski definition) is 1. The normalized spacial score (nSPS) is 18.1. The molecule has 0 fully saturated rings. The number of unbranched alkanes of at least 4 members (excludes halogenated alkanes) is 3. The number of hydrogen-bond donors (Lipinski definition) is 1. The summed E-state index contributed by atoms with van der Waals surface area (Å²) in [5.41, 5.74) is 0. The summed E-state index contributed by atoms with van der Waals surface area (Å²) in [6.45, 7) is 18.0. The molecular formula is C23H49N. The van der Waals surface area contributed by atoms with Gasteiger partial charge < -0.3 is 5.32 Å². The fraction of sp³-hybridized carbons (Fsp3) is 1.00. The quantitative estimate of drug-likeness (QED) is 0.288. The monoisotopic (exact) mass is 339 g/mol. The van der Waals surface area contributed by atoms with Crippen LogP contribution in [0.15, 0.2) is 0 Å². The van der Waals surface area contributed by atoms with Crippen molar-refractivity contribution in [3.8, 4) is 0 Å². The molecule has 0 saturated carbocycles. The average Bonchev–Trinajstić information content (AvgIpc) is 2.56. The van der Waals surface area contributed by atoms with Crippen LogP contribution in [0.1, 0.15) is 113 Å². The van der Waals surface area contributed by atoms with Crippen LogP contribution in [0.2, 0.25) is 0 Å². The summed E-state index contributed by atoms with van der Waals surface area (Å²) in [5.74, 6) is 3.44. The van der Waals surface area contributed by atoms with Gasteiger partial charge in [-0.25, -0.2) is 0 Å². The van der Waals surface area contributed by atoms with Gasteiger partial charge in [0.1, 0.15) is 0 Å². The minimum absolute atomic E-state index is 0.708. The second-order valence-electron chi connectivity index (χ2n) is 8.67. The molecular weight excluding hydrogens is 290 g/mol. The predicted octanol–water partition coefficient (Wildman–Crippen LogP) is 7.45. The van der Waals surface area contributed by atoms with Gasteiger partial charge in [0.05, 0.1) is 0 Å². The zero-order valence-corrected chi connectivity index (χ0v) is 18.2. The Morgan fingerprint density at radius 3 is 1.92 bits per heavy atom. The van der Waals surface area contributed by atoms with Gasteiger partial charge >= 0.3 is 0 Å². The molecule has 0 aliphatic carbocycles. The van der Waals surface area contributed by atoms with E-state index >= 15 is 0 Å². The van der Waals surface area contributed by atoms with Gasteiger partial charge in [-0.1, -0.05) is 93.4 Å². The van der Waals surface area contributed by atoms with Crippen molar-refractivity contribution in [1.29, 1.82) is 0 Å². The molecule has 0 amide bonds. The molecule has 0 aliphatic heterocycles. The van der Waals surface area contributed by atoms with Gasteiger partial charge in [0.25, 0.3) is 0 Å². The lowest BCUT2D eigenvalue weighted by molar-refractivity contribution is 0.243. The summed E-state index contributed by atoms with van der Waals surface area (Å²) in [6.07, 6.45) is 13.7. The maximum absolute atomic E-state index is 3.79. The van der Waals surface area contributed by atoms with Crippen molar-refractivity contribution >= 4 is 0 Å². The Bertz CT molecular complexity index is 263. The van der Waals surface area contributed by atoms with Crippen molar-refractivity contribution in [2.24, 2.45) is 23.7 Å². The van der Waals surface area contributed by atoms with Crippen molar-refractivity contribution in [1.82, 2.24) is 5.32 Å². The highest BCUT2D eigenvalue weighted by molar-refractivity contribution is 4.76. The topological polar surface area (TPSA) is 12.0 Å². The minimum Gasteiger partial charge on any atom is -0.314 e. The predicted molar refractivity (Wildman–Crippen MR) is 112 cm³/mol. The number of rotatable bonds is 16. The Morgan fingerprint density at radius 1 is 0.667 bits per heavy atom. The summed E-state index contributed by atoms with van der Waals surface area (Å²) < 4.78 is 0. The van der Waals surface area contributed by atoms with Crippen LogP contribution in [0.3, 0.4) is 0 Å². The van der Waals surface area contributed by atoms with E-state index in [4.69, 9.17) is 0 Å². The van der Waals surface area contributed by atoms with E-state index in [1.807, 2.05) is 0 Å². The largest absolute Gasteiger partial charge is 0.314 e. The van der Waals surface area contributed by atoms with Gasteiger partial charge in [0.2, 0.25) is 0 Å². The van der Waals surface area contributed by atoms with Gasteiger partial charge in [-0.05, 0) is 49.5 Å². The smallest absolute Gasteiger partial charge is 0.00901 e. The first kappa shape index (κ1) is 24.0. The molecule has 5 unspecified atom stereocenters. The summed E-state index contributed by atoms with van der Waals surface area (Å²) in [7, 11) is 0. The van der Waals surface area contributed by atoms with Crippen LogP contribution >= 0.6 is 0 Å². The van der Waals surface area contributed by atoms with Crippen molar-refractivity contribution in [3.63, 3.8) is 0 Å². The fourth-order valence-electron chi connectivity index (χ4n) is 3.91. The van der Waals surface area contributed by atoms with Crippen molar-refractivity contribution in [3.05, 3.63) is 0 Å². The zero-order valence-electron chi connectivity index (χ0n) is 18.2. The van der Waals surface area contributed by atoms with Crippen LogP contribution in [0.5, 0.6) is 0 Å². The highest BCUT2D eigenvalue weighted by atomic mass is 14.9. The van der Waals surface area contributed by atoms with Crippen LogP contribution in [0.4, 0.5) is 0 Å². The second-order valence-corrected chi connectivity index (χ2v) is 8.67. The summed E-state index contributed by atoms with van der Waals surface area (Å²) in [5, 5.41) is 3.79. The van der Waals surface area contributed by atoms with Crippen LogP contribution < -0.4 is 5.32 Å². The van der Waals surface area contributed by atoms with Gasteiger partial charge in [-0.2, -0.15) is 0 Å². The Hall–Kier alpha value is -0.0400. The lowest BCUT2D eigenvalue weighted by atomic mass is 9.80. The highest BCUT2D eigenvalue weighted by Gasteiger charge is 2.21. The molecule has 0 heterocycles. The molecule has 0 spiro atoms. The standard InChI is InChI=1S/C23H49N/c1-8-11-13-14-19(4)15-16-20(5)21(6)18-22(7)23(10-3)24-17-12-9-2/h19-24H,8-18H2,1-7H3. The summed E-state index contributed by atoms with van der Waals surface area (Å²) >= 11 is 0. The fourth-order valence-corrected chi connectivity index (χ4v) is 3.91. The summed E-state index contributed by atoms with van der Waals surface area (Å²) in [4.78, 5) is 0. The van der Waals surface area contributed by atoms with E-state index in [0.29, 0.717) is 6.04 Å². The molecule has 0 rings (SSSR count). The zero-order chi connectivity index (χ0) is 18.4. The Labute approximate surface area is 154 Å². The maximum Gasteiger partial charge on any atom is 0.00901 e. The van der Waals surface area contributed by atoms with E-state index < -0.39 is 0 Å². The molecule has 0 radical (unpaired) electrons. The minimum atomic E-state index is 0.708. The Kier molecular flexibility index (Phi) is 15.2. The molecule has 1 nitrogen and oxygen atoms in total. The van der Waals surface area contributed by atoms with Crippen LogP contribution in [-0.4, -0.2) is 12.6 Å². The molecule has 0 bridgehead atoms. The SMILES string of the molecule is CCCCCC(C)CCC(C)C(C)CC(C)C(CC)NCCCC. The van der Waals surface area contributed by atoms with Crippen LogP contribution in [0, 0.1) is 23.7 Å². The molecule has 1 N–H and O–H groups in total. The van der Waals surface area contributed by atoms with Crippen molar-refractivity contribution < 1.29 is 0 Å². The molecule has 0 aromatic rings. The summed E-state index contributed by atoms with van der Waals surface area (Å²) in [6, 6.07) is 0.708. The molecule has 1 heteroatoms. The van der Waals surface area contributed by atoms with E-state index in [1.54, 1.807) is 0 Å². The molecule has 5 atom stereocenters. The molecule has 0 aromatic carbocycles. The van der Waals surface area contributed by atoms with E-state index in [9.17, 15) is 0 Å². The van der Waals surface area contributed by atoms with Gasteiger partial charge in [0, 0.05) is 6.04 Å². The van der Waals surface area contributed by atoms with Gasteiger partial charge in [-0.15, -0.1) is 0 Å². The van der Waals surface area contributed by atoms with Gasteiger partial charge in [-0.3, -0.25) is 0 Å². The van der Waals surface area contributed by atoms with E-state index in [1.165, 1.54) is 70.8 Å². The Balaban J connectivity index is 4.06. The molecule has 0 aromatic heterocycles. The third kappa shape index (κ3) is 11.5. The molecule has 146 valence electrons. The first-order valence-corrected chi connectivity index (χ1v) is 11.2. The van der Waals surface area contributed by atoms with Crippen LogP contribution in [0.25, 0.3) is 0 Å². The first-order chi connectivity index (χ1) is 11.5. The third-order valence-electron chi connectivity index (χ3n) is 6.19. The van der Waals surface area contributed by atoms with E-state index in [2.05, 4.69) is 53.8 Å². The van der Waals surface area contributed by atoms with Crippen LogP contribution in [-0.2, 0) is 0 Å². The third-order valence-corrected chi connectivity index (χ3v) is 6.19. The highest BCUT2D eigenvalue weighted by Crippen LogP contribution is 2.28. The van der Waals surface area contributed by atoms with Crippen molar-refractivity contribution in [2.45, 2.75) is 119 Å². The first-order valence-electron chi connectivity index (χ1n) is 11.2. The van der Waals surface area contributed by atoms with Gasteiger partial charge in [0.15, 0.2) is 0 Å². The molecule has 24 heavy (non-hydrogen) atoms. The lowest BCUT2D eigenvalue weighted by Crippen LogP contribution is -2.36. The van der Waals surface area contributed by atoms with Crippen molar-refractivity contribution in [2.75, 3.05) is 6.54 Å². The average molecular weight is 340 g/mol. The lowest BCUT2D eigenvalue weighted by Gasteiger charge is -2.29.